The molecule has 1 unspecified atom stereocenters. The molecule has 1 aromatic rings. The van der Waals surface area contributed by atoms with Crippen LogP contribution in [0.4, 0.5) is 0 Å². The van der Waals surface area contributed by atoms with Gasteiger partial charge in [0.15, 0.2) is 0 Å². The molecule has 0 bridgehead atoms. The smallest absolute Gasteiger partial charge is 0.0942 e. The van der Waals surface area contributed by atoms with Crippen LogP contribution >= 0.6 is 0 Å². The van der Waals surface area contributed by atoms with Crippen LogP contribution in [-0.4, -0.2) is 23.4 Å². The summed E-state index contributed by atoms with van der Waals surface area (Å²) in [5, 5.41) is 10.6. The fourth-order valence-electron chi connectivity index (χ4n) is 1.90. The average molecular weight is 236 g/mol. The summed E-state index contributed by atoms with van der Waals surface area (Å²) in [5.74, 6) is 0. The van der Waals surface area contributed by atoms with Crippen molar-refractivity contribution in [1.82, 2.24) is 0 Å². The SMILES string of the molecule is COC(C)(C)C(C)(O)Cc1c(C)cccc1C. The van der Waals surface area contributed by atoms with E-state index in [2.05, 4.69) is 26.0 Å². The molecule has 0 fully saturated rings. The fraction of sp³-hybridized carbons (Fsp3) is 0.600. The van der Waals surface area contributed by atoms with E-state index in [1.54, 1.807) is 7.11 Å². The summed E-state index contributed by atoms with van der Waals surface area (Å²) in [5.41, 5.74) is 2.19. The summed E-state index contributed by atoms with van der Waals surface area (Å²) >= 11 is 0. The minimum atomic E-state index is -0.890. The highest BCUT2D eigenvalue weighted by molar-refractivity contribution is 5.35. The van der Waals surface area contributed by atoms with Gasteiger partial charge in [-0.1, -0.05) is 18.2 Å². The van der Waals surface area contributed by atoms with Gasteiger partial charge >= 0.3 is 0 Å². The first-order valence-corrected chi connectivity index (χ1v) is 6.04. The van der Waals surface area contributed by atoms with E-state index < -0.39 is 11.2 Å². The summed E-state index contributed by atoms with van der Waals surface area (Å²) in [4.78, 5) is 0. The Bertz CT molecular complexity index is 372. The molecular formula is C15H24O2. The van der Waals surface area contributed by atoms with Crippen molar-refractivity contribution in [2.45, 2.75) is 52.2 Å². The van der Waals surface area contributed by atoms with Crippen molar-refractivity contribution in [2.24, 2.45) is 0 Å². The van der Waals surface area contributed by atoms with Gasteiger partial charge in [-0.15, -0.1) is 0 Å². The van der Waals surface area contributed by atoms with Crippen LogP contribution in [0.25, 0.3) is 0 Å². The molecule has 1 rings (SSSR count). The molecule has 0 aliphatic rings. The molecule has 2 nitrogen and oxygen atoms in total. The molecule has 1 N–H and O–H groups in total. The average Bonchev–Trinajstić information content (AvgIpc) is 2.23. The zero-order valence-corrected chi connectivity index (χ0v) is 11.8. The molecule has 0 saturated carbocycles. The van der Waals surface area contributed by atoms with Gasteiger partial charge in [0.1, 0.15) is 0 Å². The van der Waals surface area contributed by atoms with Gasteiger partial charge in [-0.2, -0.15) is 0 Å². The Kier molecular flexibility index (Phi) is 4.00. The molecule has 0 amide bonds. The minimum absolute atomic E-state index is 0.568. The van der Waals surface area contributed by atoms with E-state index in [0.29, 0.717) is 6.42 Å². The summed E-state index contributed by atoms with van der Waals surface area (Å²) in [6.45, 7) is 9.83. The van der Waals surface area contributed by atoms with Crippen LogP contribution < -0.4 is 0 Å². The number of hydrogen-bond acceptors (Lipinski definition) is 2. The van der Waals surface area contributed by atoms with E-state index in [4.69, 9.17) is 4.74 Å². The Morgan fingerprint density at radius 3 is 2.00 bits per heavy atom. The van der Waals surface area contributed by atoms with Crippen LogP contribution in [0.15, 0.2) is 18.2 Å². The Balaban J connectivity index is 3.06. The monoisotopic (exact) mass is 236 g/mol. The summed E-state index contributed by atoms with van der Waals surface area (Å²) in [6.07, 6.45) is 0.604. The molecule has 0 heterocycles. The second-order valence-corrected chi connectivity index (χ2v) is 5.54. The molecule has 0 aromatic heterocycles. The summed E-state index contributed by atoms with van der Waals surface area (Å²) in [6, 6.07) is 6.21. The Hall–Kier alpha value is -0.860. The molecule has 96 valence electrons. The zero-order valence-electron chi connectivity index (χ0n) is 11.8. The van der Waals surface area contributed by atoms with Gasteiger partial charge in [-0.05, 0) is 51.3 Å². The number of aryl methyl sites for hydroxylation is 2. The molecular weight excluding hydrogens is 212 g/mol. The van der Waals surface area contributed by atoms with Gasteiger partial charge in [0.2, 0.25) is 0 Å². The lowest BCUT2D eigenvalue weighted by Crippen LogP contribution is -2.50. The number of ether oxygens (including phenoxy) is 1. The maximum Gasteiger partial charge on any atom is 0.0942 e. The van der Waals surface area contributed by atoms with Crippen LogP contribution in [0.5, 0.6) is 0 Å². The van der Waals surface area contributed by atoms with Crippen molar-refractivity contribution in [3.8, 4) is 0 Å². The van der Waals surface area contributed by atoms with E-state index >= 15 is 0 Å². The van der Waals surface area contributed by atoms with Gasteiger partial charge in [0.25, 0.3) is 0 Å². The number of rotatable bonds is 4. The fourth-order valence-corrected chi connectivity index (χ4v) is 1.90. The molecule has 0 radical (unpaired) electrons. The van der Waals surface area contributed by atoms with E-state index in [1.165, 1.54) is 16.7 Å². The first-order valence-electron chi connectivity index (χ1n) is 6.04. The highest BCUT2D eigenvalue weighted by atomic mass is 16.5. The van der Waals surface area contributed by atoms with Crippen molar-refractivity contribution in [2.75, 3.05) is 7.11 Å². The number of benzene rings is 1. The Labute approximate surface area is 105 Å². The molecule has 17 heavy (non-hydrogen) atoms. The van der Waals surface area contributed by atoms with E-state index in [9.17, 15) is 5.11 Å². The van der Waals surface area contributed by atoms with Crippen molar-refractivity contribution < 1.29 is 9.84 Å². The largest absolute Gasteiger partial charge is 0.387 e. The highest BCUT2D eigenvalue weighted by Gasteiger charge is 2.40. The van der Waals surface area contributed by atoms with Crippen LogP contribution in [0.2, 0.25) is 0 Å². The molecule has 1 aromatic carbocycles. The molecule has 2 heteroatoms. The zero-order chi connectivity index (χ0) is 13.3. The van der Waals surface area contributed by atoms with Gasteiger partial charge in [0.05, 0.1) is 11.2 Å². The molecule has 1 atom stereocenters. The Morgan fingerprint density at radius 1 is 1.12 bits per heavy atom. The minimum Gasteiger partial charge on any atom is -0.387 e. The van der Waals surface area contributed by atoms with Crippen molar-refractivity contribution in [3.05, 3.63) is 34.9 Å². The third-order valence-corrected chi connectivity index (χ3v) is 3.97. The number of hydrogen-bond donors (Lipinski definition) is 1. The van der Waals surface area contributed by atoms with Crippen LogP contribution in [-0.2, 0) is 11.2 Å². The lowest BCUT2D eigenvalue weighted by molar-refractivity contribution is -0.139. The lowest BCUT2D eigenvalue weighted by Gasteiger charge is -2.39. The second-order valence-electron chi connectivity index (χ2n) is 5.54. The first kappa shape index (κ1) is 14.2. The maximum absolute atomic E-state index is 10.6. The standard InChI is InChI=1S/C15H24O2/c1-11-8-7-9-12(2)13(11)10-15(5,16)14(3,4)17-6/h7-9,16H,10H2,1-6H3. The third kappa shape index (κ3) is 2.88. The van der Waals surface area contributed by atoms with Crippen molar-refractivity contribution >= 4 is 0 Å². The Morgan fingerprint density at radius 2 is 1.59 bits per heavy atom. The second kappa shape index (κ2) is 4.79. The molecule has 0 aliphatic carbocycles. The van der Waals surface area contributed by atoms with Gasteiger partial charge in [-0.25, -0.2) is 0 Å². The van der Waals surface area contributed by atoms with Crippen LogP contribution in [0, 0.1) is 13.8 Å². The highest BCUT2D eigenvalue weighted by Crippen LogP contribution is 2.30. The normalized spacial score (nSPS) is 15.7. The van der Waals surface area contributed by atoms with Crippen LogP contribution in [0.3, 0.4) is 0 Å². The van der Waals surface area contributed by atoms with Gasteiger partial charge < -0.3 is 9.84 Å². The third-order valence-electron chi connectivity index (χ3n) is 3.97. The predicted octanol–water partition coefficient (Wildman–Crippen LogP) is 3.02. The lowest BCUT2D eigenvalue weighted by atomic mass is 9.80. The molecule has 0 aliphatic heterocycles. The molecule has 0 spiro atoms. The van der Waals surface area contributed by atoms with Gasteiger partial charge in [-0.3, -0.25) is 0 Å². The summed E-state index contributed by atoms with van der Waals surface area (Å²) in [7, 11) is 1.64. The van der Waals surface area contributed by atoms with E-state index in [-0.39, 0.29) is 0 Å². The number of aliphatic hydroxyl groups is 1. The number of methoxy groups -OCH3 is 1. The van der Waals surface area contributed by atoms with Crippen molar-refractivity contribution in [3.63, 3.8) is 0 Å². The van der Waals surface area contributed by atoms with Crippen molar-refractivity contribution in [1.29, 1.82) is 0 Å². The van der Waals surface area contributed by atoms with Crippen LogP contribution in [0.1, 0.15) is 37.5 Å². The predicted molar refractivity (Wildman–Crippen MR) is 71.3 cm³/mol. The maximum atomic E-state index is 10.6. The summed E-state index contributed by atoms with van der Waals surface area (Å²) < 4.78 is 5.40. The van der Waals surface area contributed by atoms with E-state index in [0.717, 1.165) is 0 Å². The van der Waals surface area contributed by atoms with E-state index in [1.807, 2.05) is 26.8 Å². The topological polar surface area (TPSA) is 29.5 Å². The first-order chi connectivity index (χ1) is 7.71. The quantitative estimate of drug-likeness (QED) is 0.870. The van der Waals surface area contributed by atoms with Gasteiger partial charge in [0, 0.05) is 13.5 Å². The molecule has 0 saturated heterocycles.